The number of carbonyl (C=O) groups is 2. The number of carbonyl (C=O) groups excluding carboxylic acids is 1. The molecule has 20 heavy (non-hydrogen) atoms. The highest BCUT2D eigenvalue weighted by atomic mass is 16.5. The number of aliphatic carboxylic acids is 1. The van der Waals surface area contributed by atoms with E-state index in [2.05, 4.69) is 5.32 Å². The second-order valence-electron chi connectivity index (χ2n) is 4.94. The molecule has 0 saturated heterocycles. The van der Waals surface area contributed by atoms with Crippen LogP contribution in [0, 0.1) is 5.92 Å². The van der Waals surface area contributed by atoms with E-state index in [1.807, 2.05) is 6.92 Å². The first-order valence-corrected chi connectivity index (χ1v) is 6.86. The molecule has 108 valence electrons. The lowest BCUT2D eigenvalue weighted by molar-refractivity contribution is -0.137. The molecular weight excluding hydrogens is 258 g/mol. The van der Waals surface area contributed by atoms with Crippen LogP contribution in [0.1, 0.15) is 36.5 Å². The molecule has 0 spiro atoms. The lowest BCUT2D eigenvalue weighted by Gasteiger charge is -2.17. The Balaban J connectivity index is 2.08. The lowest BCUT2D eigenvalue weighted by Crippen LogP contribution is -2.38. The summed E-state index contributed by atoms with van der Waals surface area (Å²) in [6.07, 6.45) is 1.92. The zero-order chi connectivity index (χ0) is 14.5. The highest BCUT2D eigenvalue weighted by molar-refractivity contribution is 5.97. The van der Waals surface area contributed by atoms with Crippen molar-refractivity contribution < 1.29 is 19.4 Å². The minimum absolute atomic E-state index is 0.0345. The van der Waals surface area contributed by atoms with Crippen LogP contribution in [0.4, 0.5) is 0 Å². The summed E-state index contributed by atoms with van der Waals surface area (Å²) in [4.78, 5) is 23.1. The van der Waals surface area contributed by atoms with Crippen molar-refractivity contribution in [3.8, 4) is 5.75 Å². The van der Waals surface area contributed by atoms with Crippen molar-refractivity contribution in [1.82, 2.24) is 5.32 Å². The predicted molar refractivity (Wildman–Crippen MR) is 73.8 cm³/mol. The predicted octanol–water partition coefficient (Wildman–Crippen LogP) is 2.07. The summed E-state index contributed by atoms with van der Waals surface area (Å²) in [5.41, 5.74) is 0.449. The Labute approximate surface area is 117 Å². The van der Waals surface area contributed by atoms with Gasteiger partial charge in [-0.2, -0.15) is 0 Å². The summed E-state index contributed by atoms with van der Waals surface area (Å²) in [5.74, 6) is -0.348. The first kappa shape index (κ1) is 14.4. The fourth-order valence-corrected chi connectivity index (χ4v) is 2.20. The molecule has 1 fully saturated rings. The van der Waals surface area contributed by atoms with Gasteiger partial charge in [-0.25, -0.2) is 0 Å². The van der Waals surface area contributed by atoms with Gasteiger partial charge in [-0.1, -0.05) is 12.1 Å². The molecule has 2 rings (SSSR count). The second-order valence-corrected chi connectivity index (χ2v) is 4.94. The number of amides is 1. The quantitative estimate of drug-likeness (QED) is 0.800. The molecular formula is C15H19NO4. The van der Waals surface area contributed by atoms with Crippen LogP contribution in [0.2, 0.25) is 0 Å². The Morgan fingerprint density at radius 3 is 2.70 bits per heavy atom. The second kappa shape index (κ2) is 6.41. The minimum Gasteiger partial charge on any atom is -0.493 e. The van der Waals surface area contributed by atoms with E-state index >= 15 is 0 Å². The van der Waals surface area contributed by atoms with Gasteiger partial charge in [0.2, 0.25) is 0 Å². The Kier molecular flexibility index (Phi) is 4.61. The van der Waals surface area contributed by atoms with E-state index in [0.717, 1.165) is 12.8 Å². The van der Waals surface area contributed by atoms with Gasteiger partial charge in [0, 0.05) is 6.04 Å². The van der Waals surface area contributed by atoms with Crippen LogP contribution < -0.4 is 10.1 Å². The largest absolute Gasteiger partial charge is 0.493 e. The van der Waals surface area contributed by atoms with Gasteiger partial charge in [-0.3, -0.25) is 9.59 Å². The number of para-hydroxylation sites is 1. The van der Waals surface area contributed by atoms with E-state index in [0.29, 0.717) is 17.9 Å². The normalized spacial score (nSPS) is 15.4. The minimum atomic E-state index is -0.889. The monoisotopic (exact) mass is 277 g/mol. The molecule has 1 aliphatic rings. The van der Waals surface area contributed by atoms with Gasteiger partial charge < -0.3 is 15.2 Å². The zero-order valence-electron chi connectivity index (χ0n) is 11.5. The average molecular weight is 277 g/mol. The highest BCUT2D eigenvalue weighted by Gasteiger charge is 2.34. The number of carboxylic acids is 1. The number of hydrogen-bond donors (Lipinski definition) is 2. The van der Waals surface area contributed by atoms with E-state index in [-0.39, 0.29) is 24.3 Å². The number of hydrogen-bond acceptors (Lipinski definition) is 3. The number of carboxylic acid groups (broad SMARTS) is 1. The molecule has 1 unspecified atom stereocenters. The number of nitrogens with one attached hydrogen (secondary N) is 1. The van der Waals surface area contributed by atoms with Crippen molar-refractivity contribution in [2.24, 2.45) is 5.92 Å². The number of benzene rings is 1. The van der Waals surface area contributed by atoms with Crippen molar-refractivity contribution in [1.29, 1.82) is 0 Å². The van der Waals surface area contributed by atoms with Gasteiger partial charge in [0.05, 0.1) is 18.6 Å². The van der Waals surface area contributed by atoms with Crippen LogP contribution in [0.3, 0.4) is 0 Å². The standard InChI is InChI=1S/C15H19NO4/c1-2-20-13-6-4-3-5-11(13)15(19)16-12(9-14(17)18)10-7-8-10/h3-6,10,12H,2,7-9H2,1H3,(H,16,19)(H,17,18). The molecule has 1 aromatic carbocycles. The molecule has 5 heteroatoms. The molecule has 0 bridgehead atoms. The summed E-state index contributed by atoms with van der Waals surface area (Å²) in [7, 11) is 0. The smallest absolute Gasteiger partial charge is 0.305 e. The van der Waals surface area contributed by atoms with Crippen LogP contribution >= 0.6 is 0 Å². The van der Waals surface area contributed by atoms with Gasteiger partial charge in [0.15, 0.2) is 0 Å². The van der Waals surface area contributed by atoms with Crippen molar-refractivity contribution in [3.05, 3.63) is 29.8 Å². The van der Waals surface area contributed by atoms with E-state index < -0.39 is 5.97 Å². The van der Waals surface area contributed by atoms with Crippen LogP contribution in [0.15, 0.2) is 24.3 Å². The highest BCUT2D eigenvalue weighted by Crippen LogP contribution is 2.34. The SMILES string of the molecule is CCOc1ccccc1C(=O)NC(CC(=O)O)C1CC1. The zero-order valence-corrected chi connectivity index (χ0v) is 11.5. The third-order valence-corrected chi connectivity index (χ3v) is 3.33. The first-order chi connectivity index (χ1) is 9.61. The summed E-state index contributed by atoms with van der Waals surface area (Å²) >= 11 is 0. The van der Waals surface area contributed by atoms with Gasteiger partial charge >= 0.3 is 5.97 Å². The number of ether oxygens (including phenoxy) is 1. The molecule has 5 nitrogen and oxygen atoms in total. The third-order valence-electron chi connectivity index (χ3n) is 3.33. The lowest BCUT2D eigenvalue weighted by atomic mass is 10.1. The molecule has 1 aromatic rings. The Morgan fingerprint density at radius 2 is 2.10 bits per heavy atom. The molecule has 0 aromatic heterocycles. The summed E-state index contributed by atoms with van der Waals surface area (Å²) in [5, 5.41) is 11.7. The van der Waals surface area contributed by atoms with Crippen LogP contribution in [0.5, 0.6) is 5.75 Å². The van der Waals surface area contributed by atoms with Crippen LogP contribution in [-0.2, 0) is 4.79 Å². The van der Waals surface area contributed by atoms with Crippen LogP contribution in [-0.4, -0.2) is 29.6 Å². The van der Waals surface area contributed by atoms with Gasteiger partial charge in [0.1, 0.15) is 5.75 Å². The van der Waals surface area contributed by atoms with Crippen molar-refractivity contribution in [3.63, 3.8) is 0 Å². The molecule has 1 amide bonds. The number of rotatable bonds is 7. The Hall–Kier alpha value is -2.04. The van der Waals surface area contributed by atoms with Gasteiger partial charge in [0.25, 0.3) is 5.91 Å². The topological polar surface area (TPSA) is 75.6 Å². The van der Waals surface area contributed by atoms with Gasteiger partial charge in [-0.15, -0.1) is 0 Å². The molecule has 1 saturated carbocycles. The molecule has 0 heterocycles. The molecule has 2 N–H and O–H groups in total. The maximum Gasteiger partial charge on any atom is 0.305 e. The van der Waals surface area contributed by atoms with Gasteiger partial charge in [-0.05, 0) is 37.8 Å². The molecule has 0 aliphatic heterocycles. The summed E-state index contributed by atoms with van der Waals surface area (Å²) in [6.45, 7) is 2.33. The molecule has 1 aliphatic carbocycles. The summed E-state index contributed by atoms with van der Waals surface area (Å²) in [6, 6.07) is 6.69. The van der Waals surface area contributed by atoms with E-state index in [1.165, 1.54) is 0 Å². The fraction of sp³-hybridized carbons (Fsp3) is 0.467. The van der Waals surface area contributed by atoms with E-state index in [1.54, 1.807) is 24.3 Å². The molecule has 0 radical (unpaired) electrons. The van der Waals surface area contributed by atoms with E-state index in [9.17, 15) is 9.59 Å². The van der Waals surface area contributed by atoms with Crippen molar-refractivity contribution in [2.45, 2.75) is 32.2 Å². The Morgan fingerprint density at radius 1 is 1.40 bits per heavy atom. The van der Waals surface area contributed by atoms with E-state index in [4.69, 9.17) is 9.84 Å². The first-order valence-electron chi connectivity index (χ1n) is 6.86. The summed E-state index contributed by atoms with van der Waals surface area (Å²) < 4.78 is 5.42. The Bertz CT molecular complexity index is 496. The fourth-order valence-electron chi connectivity index (χ4n) is 2.20. The van der Waals surface area contributed by atoms with Crippen molar-refractivity contribution >= 4 is 11.9 Å². The maximum absolute atomic E-state index is 12.3. The van der Waals surface area contributed by atoms with Crippen LogP contribution in [0.25, 0.3) is 0 Å². The third kappa shape index (κ3) is 3.73. The maximum atomic E-state index is 12.3. The molecule has 1 atom stereocenters. The average Bonchev–Trinajstić information content (AvgIpc) is 3.22. The van der Waals surface area contributed by atoms with Crippen molar-refractivity contribution in [2.75, 3.05) is 6.61 Å².